The fourth-order valence-electron chi connectivity index (χ4n) is 1.88. The lowest BCUT2D eigenvalue weighted by molar-refractivity contribution is 1.16. The highest BCUT2D eigenvalue weighted by Crippen LogP contribution is 2.22. The van der Waals surface area contributed by atoms with E-state index in [0.717, 1.165) is 16.9 Å². The Morgan fingerprint density at radius 3 is 2.62 bits per heavy atom. The summed E-state index contributed by atoms with van der Waals surface area (Å²) in [5, 5.41) is 3.10. The molecule has 0 unspecified atom stereocenters. The Labute approximate surface area is 121 Å². The topological polar surface area (TPSA) is 103 Å². The van der Waals surface area contributed by atoms with Crippen molar-refractivity contribution in [2.24, 2.45) is 0 Å². The largest absolute Gasteiger partial charge is 0.397 e. The van der Waals surface area contributed by atoms with E-state index in [1.807, 2.05) is 24.3 Å². The average Bonchev–Trinajstić information content (AvgIpc) is 2.52. The minimum Gasteiger partial charge on any atom is -0.397 e. The van der Waals surface area contributed by atoms with Crippen molar-refractivity contribution in [2.45, 2.75) is 0 Å². The predicted octanol–water partition coefficient (Wildman–Crippen LogP) is 2.45. The molecule has 0 amide bonds. The number of aromatic nitrogens is 3. The van der Waals surface area contributed by atoms with E-state index in [2.05, 4.69) is 20.3 Å². The molecule has 3 aromatic rings. The van der Waals surface area contributed by atoms with Gasteiger partial charge in [-0.2, -0.15) is 0 Å². The van der Waals surface area contributed by atoms with Crippen LogP contribution in [0.4, 0.5) is 23.0 Å². The highest BCUT2D eigenvalue weighted by molar-refractivity contribution is 5.71. The fourth-order valence-corrected chi connectivity index (χ4v) is 1.88. The van der Waals surface area contributed by atoms with E-state index in [0.29, 0.717) is 17.3 Å². The van der Waals surface area contributed by atoms with E-state index in [9.17, 15) is 0 Å². The summed E-state index contributed by atoms with van der Waals surface area (Å²) in [4.78, 5) is 12.7. The second-order valence-corrected chi connectivity index (χ2v) is 4.48. The molecule has 2 heterocycles. The molecule has 6 heteroatoms. The van der Waals surface area contributed by atoms with Gasteiger partial charge in [0.25, 0.3) is 0 Å². The molecule has 0 aliphatic carbocycles. The van der Waals surface area contributed by atoms with Crippen molar-refractivity contribution < 1.29 is 0 Å². The van der Waals surface area contributed by atoms with Crippen LogP contribution < -0.4 is 16.8 Å². The Morgan fingerprint density at radius 2 is 1.86 bits per heavy atom. The summed E-state index contributed by atoms with van der Waals surface area (Å²) in [7, 11) is 0. The number of pyridine rings is 1. The molecule has 2 aromatic heterocycles. The Bertz CT molecular complexity index is 757. The lowest BCUT2D eigenvalue weighted by Crippen LogP contribution is -2.00. The van der Waals surface area contributed by atoms with Crippen molar-refractivity contribution >= 4 is 23.0 Å². The summed E-state index contributed by atoms with van der Waals surface area (Å²) in [6, 6.07) is 11.0. The molecule has 5 N–H and O–H groups in total. The quantitative estimate of drug-likeness (QED) is 0.636. The van der Waals surface area contributed by atoms with Gasteiger partial charge in [-0.25, -0.2) is 9.97 Å². The molecule has 0 bridgehead atoms. The van der Waals surface area contributed by atoms with Gasteiger partial charge in [-0.05, 0) is 36.4 Å². The van der Waals surface area contributed by atoms with Gasteiger partial charge in [0, 0.05) is 29.8 Å². The van der Waals surface area contributed by atoms with Gasteiger partial charge in [0.2, 0.25) is 5.95 Å². The summed E-state index contributed by atoms with van der Waals surface area (Å²) >= 11 is 0. The molecule has 6 nitrogen and oxygen atoms in total. The number of hydrogen-bond acceptors (Lipinski definition) is 6. The van der Waals surface area contributed by atoms with Crippen LogP contribution in [0.2, 0.25) is 0 Å². The van der Waals surface area contributed by atoms with Crippen LogP contribution in [0.25, 0.3) is 11.3 Å². The number of nitrogen functional groups attached to an aromatic ring is 2. The molecular formula is C15H14N6. The van der Waals surface area contributed by atoms with Gasteiger partial charge in [0.15, 0.2) is 0 Å². The van der Waals surface area contributed by atoms with Crippen LogP contribution in [0, 0.1) is 0 Å². The van der Waals surface area contributed by atoms with Gasteiger partial charge < -0.3 is 16.8 Å². The standard InChI is InChI=1S/C15H14N6/c16-12-4-3-11(8-13(12)17)20-15-19-7-5-14(21-15)10-2-1-6-18-9-10/h1-9H,16-17H2,(H,19,20,21). The minimum atomic E-state index is 0.487. The lowest BCUT2D eigenvalue weighted by atomic mass is 10.2. The van der Waals surface area contributed by atoms with Crippen LogP contribution in [0.3, 0.4) is 0 Å². The summed E-state index contributed by atoms with van der Waals surface area (Å²) in [5.41, 5.74) is 15.0. The first kappa shape index (κ1) is 12.9. The molecule has 104 valence electrons. The van der Waals surface area contributed by atoms with Crippen LogP contribution in [0.5, 0.6) is 0 Å². The first-order chi connectivity index (χ1) is 10.2. The number of rotatable bonds is 3. The highest BCUT2D eigenvalue weighted by Gasteiger charge is 2.03. The fraction of sp³-hybridized carbons (Fsp3) is 0. The van der Waals surface area contributed by atoms with E-state index < -0.39 is 0 Å². The molecule has 0 saturated heterocycles. The molecule has 0 radical (unpaired) electrons. The third-order valence-corrected chi connectivity index (χ3v) is 2.96. The van der Waals surface area contributed by atoms with E-state index in [1.165, 1.54) is 0 Å². The van der Waals surface area contributed by atoms with Crippen LogP contribution in [-0.2, 0) is 0 Å². The van der Waals surface area contributed by atoms with Crippen molar-refractivity contribution in [2.75, 3.05) is 16.8 Å². The molecule has 0 atom stereocenters. The zero-order chi connectivity index (χ0) is 14.7. The van der Waals surface area contributed by atoms with E-state index in [4.69, 9.17) is 11.5 Å². The average molecular weight is 278 g/mol. The molecule has 0 saturated carbocycles. The van der Waals surface area contributed by atoms with Crippen molar-refractivity contribution in [1.29, 1.82) is 0 Å². The second kappa shape index (κ2) is 5.46. The minimum absolute atomic E-state index is 0.487. The predicted molar refractivity (Wildman–Crippen MR) is 83.8 cm³/mol. The number of nitrogens with zero attached hydrogens (tertiary/aromatic N) is 3. The first-order valence-corrected chi connectivity index (χ1v) is 6.38. The van der Waals surface area contributed by atoms with Gasteiger partial charge in [0.05, 0.1) is 17.1 Å². The van der Waals surface area contributed by atoms with E-state index in [1.54, 1.807) is 30.7 Å². The summed E-state index contributed by atoms with van der Waals surface area (Å²) in [6.07, 6.45) is 5.17. The maximum atomic E-state index is 5.78. The number of nitrogens with one attached hydrogen (secondary N) is 1. The molecular weight excluding hydrogens is 264 g/mol. The maximum Gasteiger partial charge on any atom is 0.227 e. The molecule has 3 rings (SSSR count). The SMILES string of the molecule is Nc1ccc(Nc2nccc(-c3cccnc3)n2)cc1N. The summed E-state index contributed by atoms with van der Waals surface area (Å²) in [6.45, 7) is 0. The van der Waals surface area contributed by atoms with Gasteiger partial charge >= 0.3 is 0 Å². The number of nitrogens with two attached hydrogens (primary N) is 2. The Morgan fingerprint density at radius 1 is 0.952 bits per heavy atom. The zero-order valence-electron chi connectivity index (χ0n) is 11.2. The van der Waals surface area contributed by atoms with Crippen molar-refractivity contribution in [3.63, 3.8) is 0 Å². The Balaban J connectivity index is 1.88. The lowest BCUT2D eigenvalue weighted by Gasteiger charge is -2.08. The maximum absolute atomic E-state index is 5.78. The van der Waals surface area contributed by atoms with Crippen LogP contribution >= 0.6 is 0 Å². The van der Waals surface area contributed by atoms with Crippen molar-refractivity contribution in [1.82, 2.24) is 15.0 Å². The summed E-state index contributed by atoms with van der Waals surface area (Å²) < 4.78 is 0. The van der Waals surface area contributed by atoms with Gasteiger partial charge in [-0.3, -0.25) is 4.98 Å². The Kier molecular flexibility index (Phi) is 3.34. The zero-order valence-corrected chi connectivity index (χ0v) is 11.2. The number of hydrogen-bond donors (Lipinski definition) is 3. The third kappa shape index (κ3) is 2.89. The number of anilines is 4. The smallest absolute Gasteiger partial charge is 0.227 e. The number of benzene rings is 1. The molecule has 0 aliphatic rings. The molecule has 0 fully saturated rings. The van der Waals surface area contributed by atoms with Crippen LogP contribution in [-0.4, -0.2) is 15.0 Å². The second-order valence-electron chi connectivity index (χ2n) is 4.48. The van der Waals surface area contributed by atoms with Crippen LogP contribution in [0.1, 0.15) is 0 Å². The van der Waals surface area contributed by atoms with Gasteiger partial charge in [-0.1, -0.05) is 0 Å². The molecule has 0 aliphatic heterocycles. The monoisotopic (exact) mass is 278 g/mol. The highest BCUT2D eigenvalue weighted by atomic mass is 15.1. The molecule has 1 aromatic carbocycles. The molecule has 0 spiro atoms. The van der Waals surface area contributed by atoms with Gasteiger partial charge in [0.1, 0.15) is 0 Å². The third-order valence-electron chi connectivity index (χ3n) is 2.96. The van der Waals surface area contributed by atoms with Gasteiger partial charge in [-0.15, -0.1) is 0 Å². The molecule has 21 heavy (non-hydrogen) atoms. The van der Waals surface area contributed by atoms with Crippen molar-refractivity contribution in [3.05, 3.63) is 55.0 Å². The van der Waals surface area contributed by atoms with Crippen LogP contribution in [0.15, 0.2) is 55.0 Å². The van der Waals surface area contributed by atoms with E-state index >= 15 is 0 Å². The summed E-state index contributed by atoms with van der Waals surface area (Å²) in [5.74, 6) is 0.487. The normalized spacial score (nSPS) is 10.3. The Hall–Kier alpha value is -3.15. The van der Waals surface area contributed by atoms with Crippen molar-refractivity contribution in [3.8, 4) is 11.3 Å². The van der Waals surface area contributed by atoms with E-state index in [-0.39, 0.29) is 0 Å². The first-order valence-electron chi connectivity index (χ1n) is 6.38.